The summed E-state index contributed by atoms with van der Waals surface area (Å²) in [6, 6.07) is -2.70. The van der Waals surface area contributed by atoms with Gasteiger partial charge in [0, 0.05) is 24.8 Å². The summed E-state index contributed by atoms with van der Waals surface area (Å²) in [6.07, 6.45) is -1.29. The molecule has 19 heavy (non-hydrogen) atoms. The topological polar surface area (TPSA) is 207 Å². The van der Waals surface area contributed by atoms with Crippen molar-refractivity contribution in [3.05, 3.63) is 0 Å². The van der Waals surface area contributed by atoms with Gasteiger partial charge >= 0.3 is 57.4 Å². The first kappa shape index (κ1) is 23.4. The zero-order valence-corrected chi connectivity index (χ0v) is 13.3. The Morgan fingerprint density at radius 3 is 1.11 bits per heavy atom. The molecule has 0 aromatic rings. The summed E-state index contributed by atoms with van der Waals surface area (Å²) in [6.45, 7) is 0. The molecule has 2 atom stereocenters. The van der Waals surface area contributed by atoms with E-state index in [0.717, 1.165) is 0 Å². The SMILES string of the molecule is N[C@@H](CC(=O)[O-])C(=O)O.N[C@@H](CC(=O)[O-])C(=O)O.[Sr+2]. The van der Waals surface area contributed by atoms with Gasteiger partial charge in [-0.2, -0.15) is 0 Å². The van der Waals surface area contributed by atoms with Crippen molar-refractivity contribution in [1.82, 2.24) is 0 Å². The van der Waals surface area contributed by atoms with Crippen molar-refractivity contribution in [3.8, 4) is 0 Å². The number of rotatable bonds is 6. The third-order valence-corrected chi connectivity index (χ3v) is 1.41. The van der Waals surface area contributed by atoms with E-state index in [4.69, 9.17) is 21.7 Å². The van der Waals surface area contributed by atoms with Crippen LogP contribution in [0.4, 0.5) is 0 Å². The molecule has 0 rings (SSSR count). The average Bonchev–Trinajstić information content (AvgIpc) is 2.16. The van der Waals surface area contributed by atoms with Gasteiger partial charge in [-0.3, -0.25) is 9.59 Å². The van der Waals surface area contributed by atoms with E-state index in [9.17, 15) is 29.4 Å². The minimum absolute atomic E-state index is 0. The summed E-state index contributed by atoms with van der Waals surface area (Å²) in [5, 5.41) is 35.3. The van der Waals surface area contributed by atoms with E-state index < -0.39 is 48.8 Å². The largest absolute Gasteiger partial charge is 2.00 e. The second-order valence-electron chi connectivity index (χ2n) is 3.04. The minimum atomic E-state index is -1.45. The molecule has 0 aromatic heterocycles. The monoisotopic (exact) mass is 352 g/mol. The fraction of sp³-hybridized carbons (Fsp3) is 0.500. The fourth-order valence-electron chi connectivity index (χ4n) is 0.534. The average molecular weight is 352 g/mol. The molecule has 0 heterocycles. The molecule has 0 aliphatic heterocycles. The number of carboxylic acids is 4. The van der Waals surface area contributed by atoms with Gasteiger partial charge in [-0.1, -0.05) is 0 Å². The van der Waals surface area contributed by atoms with Gasteiger partial charge < -0.3 is 41.5 Å². The Morgan fingerprint density at radius 2 is 1.05 bits per heavy atom. The van der Waals surface area contributed by atoms with Crippen LogP contribution in [0.15, 0.2) is 0 Å². The van der Waals surface area contributed by atoms with Crippen LogP contribution >= 0.6 is 0 Å². The van der Waals surface area contributed by atoms with Gasteiger partial charge in [-0.05, 0) is 0 Å². The maximum absolute atomic E-state index is 9.82. The molecule has 0 saturated carbocycles. The molecular weight excluding hydrogens is 340 g/mol. The van der Waals surface area contributed by atoms with Gasteiger partial charge in [0.05, 0.1) is 0 Å². The first-order valence-electron chi connectivity index (χ1n) is 4.44. The Hall–Kier alpha value is -0.719. The van der Waals surface area contributed by atoms with E-state index in [1.165, 1.54) is 0 Å². The summed E-state index contributed by atoms with van der Waals surface area (Å²) in [7, 11) is 0. The van der Waals surface area contributed by atoms with Crippen LogP contribution in [-0.4, -0.2) is 91.7 Å². The van der Waals surface area contributed by atoms with Gasteiger partial charge in [0.25, 0.3) is 0 Å². The molecule has 0 saturated heterocycles. The van der Waals surface area contributed by atoms with Gasteiger partial charge in [0.2, 0.25) is 0 Å². The summed E-state index contributed by atoms with van der Waals surface area (Å²) in [4.78, 5) is 39.0. The summed E-state index contributed by atoms with van der Waals surface area (Å²) in [5.74, 6) is -5.58. The number of hydrogen-bond acceptors (Lipinski definition) is 8. The van der Waals surface area contributed by atoms with Crippen molar-refractivity contribution < 1.29 is 39.6 Å². The van der Waals surface area contributed by atoms with E-state index >= 15 is 0 Å². The first-order valence-corrected chi connectivity index (χ1v) is 4.44. The van der Waals surface area contributed by atoms with E-state index in [1.807, 2.05) is 0 Å². The smallest absolute Gasteiger partial charge is 0.550 e. The van der Waals surface area contributed by atoms with Crippen molar-refractivity contribution in [3.63, 3.8) is 0 Å². The van der Waals surface area contributed by atoms with Crippen LogP contribution in [0, 0.1) is 0 Å². The van der Waals surface area contributed by atoms with Crippen molar-refractivity contribution in [2.24, 2.45) is 11.5 Å². The summed E-state index contributed by atoms with van der Waals surface area (Å²) < 4.78 is 0. The normalized spacial score (nSPS) is 11.9. The predicted molar refractivity (Wildman–Crippen MR) is 56.2 cm³/mol. The number of nitrogens with two attached hydrogens (primary N) is 2. The Bertz CT molecular complexity index is 303. The molecule has 0 spiro atoms. The molecule has 0 fully saturated rings. The van der Waals surface area contributed by atoms with Crippen molar-refractivity contribution >= 4 is 69.4 Å². The first-order chi connectivity index (χ1) is 8.07. The van der Waals surface area contributed by atoms with Gasteiger partial charge in [0.1, 0.15) is 12.1 Å². The van der Waals surface area contributed by atoms with E-state index in [2.05, 4.69) is 0 Å². The van der Waals surface area contributed by atoms with E-state index in [-0.39, 0.29) is 45.5 Å². The van der Waals surface area contributed by atoms with Crippen LogP contribution in [0.1, 0.15) is 12.8 Å². The van der Waals surface area contributed by atoms with Crippen molar-refractivity contribution in [2.45, 2.75) is 24.9 Å². The Labute approximate surface area is 144 Å². The standard InChI is InChI=1S/2C4H7NO4.Sr/c2*5-2(4(8)9)1-3(6)7;/h2*2H,1,5H2,(H,6,7)(H,8,9);/q;;+2/p-2/t2*2-;/m00./s1. The maximum Gasteiger partial charge on any atom is 2.00 e. The van der Waals surface area contributed by atoms with Gasteiger partial charge in [0.15, 0.2) is 0 Å². The zero-order valence-electron chi connectivity index (χ0n) is 9.77. The van der Waals surface area contributed by atoms with Crippen LogP contribution < -0.4 is 21.7 Å². The molecular formula is C8H12N2O8Sr. The molecule has 6 N–H and O–H groups in total. The molecule has 0 unspecified atom stereocenters. The molecule has 0 aromatic carbocycles. The van der Waals surface area contributed by atoms with Crippen LogP contribution in [0.3, 0.4) is 0 Å². The maximum atomic E-state index is 9.82. The Kier molecular flexibility index (Phi) is 15.2. The van der Waals surface area contributed by atoms with Gasteiger partial charge in [-0.25, -0.2) is 0 Å². The van der Waals surface area contributed by atoms with Gasteiger partial charge in [-0.15, -0.1) is 0 Å². The quantitative estimate of drug-likeness (QED) is 0.334. The molecule has 104 valence electrons. The van der Waals surface area contributed by atoms with Crippen LogP contribution in [0.5, 0.6) is 0 Å². The number of aliphatic carboxylic acids is 4. The summed E-state index contributed by atoms with van der Waals surface area (Å²) in [5.41, 5.74) is 9.59. The Morgan fingerprint density at radius 1 is 0.842 bits per heavy atom. The van der Waals surface area contributed by atoms with E-state index in [0.29, 0.717) is 0 Å². The fourth-order valence-corrected chi connectivity index (χ4v) is 0.534. The number of carboxylic acid groups (broad SMARTS) is 4. The van der Waals surface area contributed by atoms with Crippen LogP contribution in [-0.2, 0) is 19.2 Å². The third-order valence-electron chi connectivity index (χ3n) is 1.41. The van der Waals surface area contributed by atoms with Crippen molar-refractivity contribution in [1.29, 1.82) is 0 Å². The molecule has 11 heteroatoms. The minimum Gasteiger partial charge on any atom is -0.550 e. The molecule has 0 aliphatic rings. The number of carbonyl (C=O) groups excluding carboxylic acids is 2. The predicted octanol–water partition coefficient (Wildman–Crippen LogP) is -5.30. The molecule has 0 aliphatic carbocycles. The molecule has 0 radical (unpaired) electrons. The van der Waals surface area contributed by atoms with Crippen LogP contribution in [0.2, 0.25) is 0 Å². The summed E-state index contributed by atoms with van der Waals surface area (Å²) >= 11 is 0. The Balaban J connectivity index is -0.000000256. The van der Waals surface area contributed by atoms with E-state index in [1.54, 1.807) is 0 Å². The zero-order chi connectivity index (χ0) is 14.9. The second kappa shape index (κ2) is 12.3. The number of carbonyl (C=O) groups is 4. The molecule has 10 nitrogen and oxygen atoms in total. The van der Waals surface area contributed by atoms with Crippen LogP contribution in [0.25, 0.3) is 0 Å². The second-order valence-corrected chi connectivity index (χ2v) is 3.04. The molecule has 0 bridgehead atoms. The molecule has 0 amide bonds. The number of hydrogen-bond donors (Lipinski definition) is 4. The van der Waals surface area contributed by atoms with Crippen molar-refractivity contribution in [2.75, 3.05) is 0 Å². The third kappa shape index (κ3) is 17.3.